The number of hydrogen-bond acceptors (Lipinski definition) is 0. The molecule has 0 unspecified atom stereocenters. The minimum Gasteiger partial charge on any atom is -0.305 e. The van der Waals surface area contributed by atoms with Crippen LogP contribution in [0.2, 0.25) is 0 Å². The lowest BCUT2D eigenvalue weighted by atomic mass is 10.0. The van der Waals surface area contributed by atoms with Gasteiger partial charge in [0.2, 0.25) is 0 Å². The first-order chi connectivity index (χ1) is 13.0. The number of halogens is 4. The number of benzene rings is 3. The predicted molar refractivity (Wildman–Crippen MR) is 105 cm³/mol. The summed E-state index contributed by atoms with van der Waals surface area (Å²) >= 11 is 3.46. The van der Waals surface area contributed by atoms with E-state index in [2.05, 4.69) is 15.9 Å². The van der Waals surface area contributed by atoms with Crippen LogP contribution in [-0.4, -0.2) is 4.57 Å². The van der Waals surface area contributed by atoms with Gasteiger partial charge in [0, 0.05) is 22.0 Å². The van der Waals surface area contributed by atoms with Crippen molar-refractivity contribution in [2.45, 2.75) is 12.6 Å². The van der Waals surface area contributed by atoms with Crippen LogP contribution >= 0.6 is 15.9 Å². The minimum absolute atomic E-state index is 0.191. The Morgan fingerprint density at radius 2 is 1.41 bits per heavy atom. The van der Waals surface area contributed by atoms with E-state index in [1.165, 1.54) is 4.57 Å². The Labute approximate surface area is 163 Å². The van der Waals surface area contributed by atoms with Crippen molar-refractivity contribution < 1.29 is 13.2 Å². The van der Waals surface area contributed by atoms with Gasteiger partial charge in [-0.15, -0.1) is 0 Å². The zero-order valence-electron chi connectivity index (χ0n) is 14.2. The van der Waals surface area contributed by atoms with Crippen LogP contribution in [0.4, 0.5) is 13.2 Å². The second kappa shape index (κ2) is 6.89. The first kappa shape index (κ1) is 17.9. The van der Waals surface area contributed by atoms with E-state index in [1.54, 1.807) is 54.6 Å². The highest BCUT2D eigenvalue weighted by Crippen LogP contribution is 2.41. The van der Waals surface area contributed by atoms with Gasteiger partial charge in [-0.3, -0.25) is 0 Å². The van der Waals surface area contributed by atoms with Crippen LogP contribution in [0.5, 0.6) is 0 Å². The largest absolute Gasteiger partial charge is 0.432 e. The van der Waals surface area contributed by atoms with Crippen LogP contribution < -0.4 is 0 Å². The van der Waals surface area contributed by atoms with Gasteiger partial charge in [-0.05, 0) is 35.4 Å². The van der Waals surface area contributed by atoms with Gasteiger partial charge in [-0.25, -0.2) is 0 Å². The molecule has 4 aromatic rings. The zero-order chi connectivity index (χ0) is 19.0. The summed E-state index contributed by atoms with van der Waals surface area (Å²) in [6, 6.07) is 23.1. The maximum absolute atomic E-state index is 14.2. The lowest BCUT2D eigenvalue weighted by Crippen LogP contribution is -2.15. The van der Waals surface area contributed by atoms with Gasteiger partial charge in [0.15, 0.2) is 0 Å². The van der Waals surface area contributed by atoms with Crippen molar-refractivity contribution >= 4 is 26.8 Å². The molecule has 0 aliphatic carbocycles. The Morgan fingerprint density at radius 1 is 0.778 bits per heavy atom. The van der Waals surface area contributed by atoms with Gasteiger partial charge in [0.05, 0.1) is 5.52 Å². The van der Waals surface area contributed by atoms with Crippen LogP contribution in [0.25, 0.3) is 16.6 Å². The molecule has 136 valence electrons. The number of rotatable bonds is 3. The van der Waals surface area contributed by atoms with Crippen molar-refractivity contribution in [3.05, 3.63) is 100 Å². The monoisotopic (exact) mass is 429 g/mol. The summed E-state index contributed by atoms with van der Waals surface area (Å²) in [5, 5.41) is 0.615. The number of aromatic nitrogens is 1. The third-order valence-corrected chi connectivity index (χ3v) is 5.36. The summed E-state index contributed by atoms with van der Waals surface area (Å²) in [6.07, 6.45) is -4.29. The van der Waals surface area contributed by atoms with Crippen molar-refractivity contribution in [2.24, 2.45) is 0 Å². The molecule has 0 N–H and O–H groups in total. The fraction of sp³-hybridized carbons (Fsp3) is 0.0909. The van der Waals surface area contributed by atoms with E-state index in [0.29, 0.717) is 16.6 Å². The highest BCUT2D eigenvalue weighted by atomic mass is 79.9. The van der Waals surface area contributed by atoms with Crippen molar-refractivity contribution in [3.8, 4) is 5.69 Å². The lowest BCUT2D eigenvalue weighted by molar-refractivity contribution is -0.142. The van der Waals surface area contributed by atoms with Crippen molar-refractivity contribution in [1.82, 2.24) is 4.57 Å². The van der Waals surface area contributed by atoms with Crippen LogP contribution in [-0.2, 0) is 12.6 Å². The second-order valence-electron chi connectivity index (χ2n) is 6.28. The average molecular weight is 430 g/mol. The molecule has 0 aliphatic heterocycles. The van der Waals surface area contributed by atoms with E-state index in [4.69, 9.17) is 0 Å². The SMILES string of the molecule is FC(F)(F)c1c(Cc2ccccc2Br)c2ccccc2n1-c1ccccc1. The number of fused-ring (bicyclic) bond motifs is 1. The van der Waals surface area contributed by atoms with Crippen LogP contribution in [0.15, 0.2) is 83.3 Å². The fourth-order valence-corrected chi connectivity index (χ4v) is 3.89. The van der Waals surface area contributed by atoms with Crippen LogP contribution in [0, 0.1) is 0 Å². The van der Waals surface area contributed by atoms with Crippen molar-refractivity contribution in [3.63, 3.8) is 0 Å². The average Bonchev–Trinajstić information content (AvgIpc) is 2.99. The van der Waals surface area contributed by atoms with E-state index >= 15 is 0 Å². The summed E-state index contributed by atoms with van der Waals surface area (Å²) in [4.78, 5) is 0. The maximum atomic E-state index is 14.2. The third kappa shape index (κ3) is 3.28. The number of hydrogen-bond donors (Lipinski definition) is 0. The van der Waals surface area contributed by atoms with E-state index in [9.17, 15) is 13.2 Å². The van der Waals surface area contributed by atoms with Gasteiger partial charge in [0.25, 0.3) is 0 Å². The Morgan fingerprint density at radius 3 is 2.11 bits per heavy atom. The van der Waals surface area contributed by atoms with E-state index in [-0.39, 0.29) is 12.0 Å². The molecular formula is C22H15BrF3N. The Bertz CT molecular complexity index is 1100. The molecule has 0 fully saturated rings. The van der Waals surface area contributed by atoms with E-state index in [1.807, 2.05) is 24.3 Å². The quantitative estimate of drug-likeness (QED) is 0.330. The van der Waals surface area contributed by atoms with Gasteiger partial charge in [-0.1, -0.05) is 70.5 Å². The molecule has 0 amide bonds. The molecule has 3 aromatic carbocycles. The molecule has 0 saturated heterocycles. The third-order valence-electron chi connectivity index (χ3n) is 4.59. The molecule has 1 heterocycles. The Hall–Kier alpha value is -2.53. The Kier molecular flexibility index (Phi) is 4.56. The summed E-state index contributed by atoms with van der Waals surface area (Å²) in [5.41, 5.74) is 1.54. The van der Waals surface area contributed by atoms with Gasteiger partial charge in [0.1, 0.15) is 5.69 Å². The van der Waals surface area contributed by atoms with Crippen LogP contribution in [0.3, 0.4) is 0 Å². The topological polar surface area (TPSA) is 4.93 Å². The Balaban J connectivity index is 2.05. The predicted octanol–water partition coefficient (Wildman–Crippen LogP) is 7.00. The highest BCUT2D eigenvalue weighted by molar-refractivity contribution is 9.10. The smallest absolute Gasteiger partial charge is 0.305 e. The standard InChI is InChI=1S/C22H15BrF3N/c23-19-12-6-4-8-15(19)14-18-17-11-5-7-13-20(17)27(21(18)22(24,25)26)16-9-2-1-3-10-16/h1-13H,14H2. The molecule has 0 spiro atoms. The van der Waals surface area contributed by atoms with Crippen molar-refractivity contribution in [1.29, 1.82) is 0 Å². The minimum atomic E-state index is -4.48. The number of nitrogens with zero attached hydrogens (tertiary/aromatic N) is 1. The first-order valence-electron chi connectivity index (χ1n) is 8.45. The molecule has 1 aromatic heterocycles. The van der Waals surface area contributed by atoms with Gasteiger partial charge in [-0.2, -0.15) is 13.2 Å². The molecule has 4 rings (SSSR count). The van der Waals surface area contributed by atoms with Gasteiger partial charge >= 0.3 is 6.18 Å². The summed E-state index contributed by atoms with van der Waals surface area (Å²) in [6.45, 7) is 0. The summed E-state index contributed by atoms with van der Waals surface area (Å²) in [7, 11) is 0. The van der Waals surface area contributed by atoms with Gasteiger partial charge < -0.3 is 4.57 Å². The molecule has 1 nitrogen and oxygen atoms in total. The molecule has 0 saturated carbocycles. The molecule has 5 heteroatoms. The van der Waals surface area contributed by atoms with Crippen molar-refractivity contribution in [2.75, 3.05) is 0 Å². The molecule has 27 heavy (non-hydrogen) atoms. The summed E-state index contributed by atoms with van der Waals surface area (Å²) < 4.78 is 44.7. The number of alkyl halides is 3. The lowest BCUT2D eigenvalue weighted by Gasteiger charge is -2.15. The fourth-order valence-electron chi connectivity index (χ4n) is 3.46. The number of para-hydroxylation sites is 2. The molecular weight excluding hydrogens is 415 g/mol. The zero-order valence-corrected chi connectivity index (χ0v) is 15.8. The van der Waals surface area contributed by atoms with E-state index in [0.717, 1.165) is 10.0 Å². The molecule has 0 aliphatic rings. The van der Waals surface area contributed by atoms with Crippen LogP contribution in [0.1, 0.15) is 16.8 Å². The first-order valence-corrected chi connectivity index (χ1v) is 9.24. The molecule has 0 radical (unpaired) electrons. The summed E-state index contributed by atoms with van der Waals surface area (Å²) in [5.74, 6) is 0. The molecule has 0 atom stereocenters. The molecule has 0 bridgehead atoms. The highest BCUT2D eigenvalue weighted by Gasteiger charge is 2.39. The normalized spacial score (nSPS) is 11.9. The van der Waals surface area contributed by atoms with E-state index < -0.39 is 11.9 Å². The maximum Gasteiger partial charge on any atom is 0.432 e. The second-order valence-corrected chi connectivity index (χ2v) is 7.14.